The van der Waals surface area contributed by atoms with Crippen LogP contribution in [0.1, 0.15) is 13.8 Å². The van der Waals surface area contributed by atoms with Crippen molar-refractivity contribution in [3.05, 3.63) is 0 Å². The number of hydrogen-bond acceptors (Lipinski definition) is 3. The molecule has 2 N–H and O–H groups in total. The van der Waals surface area contributed by atoms with Gasteiger partial charge in [-0.15, -0.1) is 0 Å². The normalized spacial score (nSPS) is 11.6. The molecule has 0 fully saturated rings. The van der Waals surface area contributed by atoms with E-state index in [0.717, 1.165) is 13.1 Å². The average molecular weight is 233 g/mol. The van der Waals surface area contributed by atoms with E-state index < -0.39 is 0 Å². The topological polar surface area (TPSA) is 36.5 Å². The lowest BCUT2D eigenvalue weighted by Crippen LogP contribution is -2.50. The van der Waals surface area contributed by atoms with Gasteiger partial charge in [0.1, 0.15) is 0 Å². The van der Waals surface area contributed by atoms with Gasteiger partial charge in [0.15, 0.2) is 5.11 Å². The van der Waals surface area contributed by atoms with Crippen molar-refractivity contribution in [3.63, 3.8) is 0 Å². The summed E-state index contributed by atoms with van der Waals surface area (Å²) >= 11 is 5.13. The summed E-state index contributed by atoms with van der Waals surface area (Å²) in [5.41, 5.74) is 0.0903. The lowest BCUT2D eigenvalue weighted by molar-refractivity contribution is 0.196. The summed E-state index contributed by atoms with van der Waals surface area (Å²) in [4.78, 5) is 2.16. The van der Waals surface area contributed by atoms with Gasteiger partial charge < -0.3 is 20.3 Å². The van der Waals surface area contributed by atoms with Crippen molar-refractivity contribution in [2.24, 2.45) is 0 Å². The van der Waals surface area contributed by atoms with Crippen LogP contribution in [0, 0.1) is 0 Å². The van der Waals surface area contributed by atoms with Crippen LogP contribution < -0.4 is 10.6 Å². The number of hydrogen-bond donors (Lipinski definition) is 2. The molecule has 0 aliphatic carbocycles. The summed E-state index contributed by atoms with van der Waals surface area (Å²) < 4.78 is 4.92. The molecule has 0 bridgehead atoms. The average Bonchev–Trinajstić information content (AvgIpc) is 2.15. The predicted molar refractivity (Wildman–Crippen MR) is 68.2 cm³/mol. The highest BCUT2D eigenvalue weighted by Gasteiger charge is 2.19. The fourth-order valence-corrected chi connectivity index (χ4v) is 0.958. The third-order valence-corrected chi connectivity index (χ3v) is 2.77. The fraction of sp³-hybridized carbons (Fsp3) is 0.900. The summed E-state index contributed by atoms with van der Waals surface area (Å²) in [5.74, 6) is 0. The van der Waals surface area contributed by atoms with Crippen LogP contribution in [0.5, 0.6) is 0 Å². The molecule has 0 saturated heterocycles. The Labute approximate surface area is 98.4 Å². The van der Waals surface area contributed by atoms with Crippen LogP contribution in [0.25, 0.3) is 0 Å². The van der Waals surface area contributed by atoms with Crippen molar-refractivity contribution in [1.82, 2.24) is 15.5 Å². The van der Waals surface area contributed by atoms with Crippen LogP contribution in [-0.4, -0.2) is 56.5 Å². The van der Waals surface area contributed by atoms with Crippen molar-refractivity contribution < 1.29 is 4.74 Å². The lowest BCUT2D eigenvalue weighted by atomic mass is 10.1. The molecule has 0 aromatic carbocycles. The molecule has 90 valence electrons. The molecule has 0 atom stereocenters. The highest BCUT2D eigenvalue weighted by atomic mass is 32.1. The fourth-order valence-electron chi connectivity index (χ4n) is 0.784. The van der Waals surface area contributed by atoms with Crippen molar-refractivity contribution in [3.8, 4) is 0 Å². The number of methoxy groups -OCH3 is 1. The molecule has 5 heteroatoms. The van der Waals surface area contributed by atoms with Gasteiger partial charge in [-0.25, -0.2) is 0 Å². The Kier molecular flexibility index (Phi) is 6.80. The van der Waals surface area contributed by atoms with E-state index in [1.54, 1.807) is 7.11 Å². The van der Waals surface area contributed by atoms with Gasteiger partial charge in [0.05, 0.1) is 6.61 Å². The third-order valence-electron chi connectivity index (χ3n) is 2.48. The van der Waals surface area contributed by atoms with E-state index in [-0.39, 0.29) is 5.54 Å². The Balaban J connectivity index is 3.71. The molecule has 0 spiro atoms. The summed E-state index contributed by atoms with van der Waals surface area (Å²) in [6.45, 7) is 6.55. The maximum atomic E-state index is 5.13. The Bertz CT molecular complexity index is 195. The van der Waals surface area contributed by atoms with Gasteiger partial charge in [-0.1, -0.05) is 0 Å². The number of thiocarbonyl (C=S) groups is 1. The number of nitrogens with one attached hydrogen (secondary N) is 2. The maximum absolute atomic E-state index is 5.13. The zero-order valence-electron chi connectivity index (χ0n) is 10.4. The van der Waals surface area contributed by atoms with Crippen LogP contribution in [0.15, 0.2) is 0 Å². The standard InChI is InChI=1S/C10H23N3OS/c1-10(2,13(3)4)8-12-9(15)11-6-7-14-5/h6-8H2,1-5H3,(H2,11,12,15). The summed E-state index contributed by atoms with van der Waals surface area (Å²) in [6.07, 6.45) is 0. The van der Waals surface area contributed by atoms with Gasteiger partial charge in [-0.2, -0.15) is 0 Å². The first-order valence-corrected chi connectivity index (χ1v) is 5.49. The molecule has 4 nitrogen and oxygen atoms in total. The van der Waals surface area contributed by atoms with Crippen molar-refractivity contribution in [2.75, 3.05) is 40.9 Å². The SMILES string of the molecule is COCCNC(=S)NCC(C)(C)N(C)C. The number of nitrogens with zero attached hydrogens (tertiary/aromatic N) is 1. The van der Waals surface area contributed by atoms with E-state index in [0.29, 0.717) is 11.7 Å². The second kappa shape index (κ2) is 6.98. The van der Waals surface area contributed by atoms with Gasteiger partial charge in [0, 0.05) is 25.7 Å². The molecule has 0 aliphatic heterocycles. The molecule has 15 heavy (non-hydrogen) atoms. The van der Waals surface area contributed by atoms with E-state index in [1.165, 1.54) is 0 Å². The molecule has 0 saturated carbocycles. The molecule has 0 rings (SSSR count). The van der Waals surface area contributed by atoms with Gasteiger partial charge in [-0.3, -0.25) is 0 Å². The molecule has 0 unspecified atom stereocenters. The van der Waals surface area contributed by atoms with Crippen molar-refractivity contribution in [2.45, 2.75) is 19.4 Å². The summed E-state index contributed by atoms with van der Waals surface area (Å²) in [6, 6.07) is 0. The zero-order chi connectivity index (χ0) is 11.9. The number of ether oxygens (including phenoxy) is 1. The van der Waals surface area contributed by atoms with Crippen LogP contribution in [-0.2, 0) is 4.74 Å². The summed E-state index contributed by atoms with van der Waals surface area (Å²) in [5, 5.41) is 6.94. The molecule has 0 aromatic rings. The van der Waals surface area contributed by atoms with Gasteiger partial charge in [-0.05, 0) is 40.2 Å². The van der Waals surface area contributed by atoms with Crippen molar-refractivity contribution in [1.29, 1.82) is 0 Å². The Morgan fingerprint density at radius 2 is 1.93 bits per heavy atom. The minimum Gasteiger partial charge on any atom is -0.383 e. The van der Waals surface area contributed by atoms with Crippen LogP contribution in [0.2, 0.25) is 0 Å². The lowest BCUT2D eigenvalue weighted by Gasteiger charge is -2.33. The zero-order valence-corrected chi connectivity index (χ0v) is 11.2. The molecule has 0 amide bonds. The highest BCUT2D eigenvalue weighted by Crippen LogP contribution is 2.07. The minimum absolute atomic E-state index is 0.0903. The predicted octanol–water partition coefficient (Wildman–Crippen LogP) is 0.437. The van der Waals surface area contributed by atoms with E-state index in [9.17, 15) is 0 Å². The monoisotopic (exact) mass is 233 g/mol. The van der Waals surface area contributed by atoms with Crippen LogP contribution in [0.4, 0.5) is 0 Å². The van der Waals surface area contributed by atoms with Crippen LogP contribution >= 0.6 is 12.2 Å². The summed E-state index contributed by atoms with van der Waals surface area (Å²) in [7, 11) is 5.79. The quantitative estimate of drug-likeness (QED) is 0.514. The number of likely N-dealkylation sites (N-methyl/N-ethyl adjacent to an activating group) is 1. The first-order valence-electron chi connectivity index (χ1n) is 5.08. The van der Waals surface area contributed by atoms with Gasteiger partial charge in [0.2, 0.25) is 0 Å². The molecule has 0 radical (unpaired) electrons. The van der Waals surface area contributed by atoms with E-state index in [2.05, 4.69) is 43.5 Å². The van der Waals surface area contributed by atoms with E-state index in [4.69, 9.17) is 17.0 Å². The smallest absolute Gasteiger partial charge is 0.166 e. The highest BCUT2D eigenvalue weighted by molar-refractivity contribution is 7.80. The second-order valence-electron chi connectivity index (χ2n) is 4.31. The van der Waals surface area contributed by atoms with Crippen LogP contribution in [0.3, 0.4) is 0 Å². The van der Waals surface area contributed by atoms with E-state index >= 15 is 0 Å². The van der Waals surface area contributed by atoms with E-state index in [1.807, 2.05) is 0 Å². The Morgan fingerprint density at radius 1 is 1.33 bits per heavy atom. The third kappa shape index (κ3) is 6.65. The first-order chi connectivity index (χ1) is 6.90. The minimum atomic E-state index is 0.0903. The molecule has 0 heterocycles. The van der Waals surface area contributed by atoms with Gasteiger partial charge >= 0.3 is 0 Å². The van der Waals surface area contributed by atoms with Gasteiger partial charge in [0.25, 0.3) is 0 Å². The molecular weight excluding hydrogens is 210 g/mol. The Morgan fingerprint density at radius 3 is 2.40 bits per heavy atom. The van der Waals surface area contributed by atoms with Crippen molar-refractivity contribution >= 4 is 17.3 Å². The maximum Gasteiger partial charge on any atom is 0.166 e. The second-order valence-corrected chi connectivity index (χ2v) is 4.72. The molecule has 0 aromatic heterocycles. The Hall–Kier alpha value is -0.390. The molecule has 0 aliphatic rings. The number of rotatable bonds is 6. The molecular formula is C10H23N3OS. The largest absolute Gasteiger partial charge is 0.383 e. The first kappa shape index (κ1) is 14.6.